The first kappa shape index (κ1) is 18.6. The van der Waals surface area contributed by atoms with Crippen LogP contribution in [0.1, 0.15) is 37.3 Å². The Balaban J connectivity index is 1.28. The molecule has 144 valence electrons. The van der Waals surface area contributed by atoms with Crippen LogP contribution in [0.3, 0.4) is 0 Å². The van der Waals surface area contributed by atoms with Crippen molar-refractivity contribution in [2.24, 2.45) is 0 Å². The molecule has 2 heterocycles. The van der Waals surface area contributed by atoms with Gasteiger partial charge in [-0.2, -0.15) is 5.10 Å². The van der Waals surface area contributed by atoms with Gasteiger partial charge in [-0.25, -0.2) is 9.97 Å². The molecule has 0 radical (unpaired) electrons. The first-order valence-corrected chi connectivity index (χ1v) is 9.89. The van der Waals surface area contributed by atoms with E-state index >= 15 is 0 Å². The quantitative estimate of drug-likeness (QED) is 0.712. The summed E-state index contributed by atoms with van der Waals surface area (Å²) in [6.07, 6.45) is 11.5. The van der Waals surface area contributed by atoms with Crippen molar-refractivity contribution in [3.8, 4) is 11.3 Å². The number of carbonyl (C=O) groups excluding carboxylic acids is 1. The van der Waals surface area contributed by atoms with Crippen molar-refractivity contribution in [1.82, 2.24) is 25.1 Å². The lowest BCUT2D eigenvalue weighted by Gasteiger charge is -2.29. The van der Waals surface area contributed by atoms with Gasteiger partial charge in [-0.05, 0) is 49.4 Å². The summed E-state index contributed by atoms with van der Waals surface area (Å²) in [6.45, 7) is 0. The minimum absolute atomic E-state index is 0.0657. The van der Waals surface area contributed by atoms with E-state index in [-0.39, 0.29) is 11.9 Å². The van der Waals surface area contributed by atoms with Crippen molar-refractivity contribution in [2.75, 3.05) is 0 Å². The van der Waals surface area contributed by atoms with Crippen LogP contribution in [0.5, 0.6) is 0 Å². The number of hydrogen-bond donors (Lipinski definition) is 1. The summed E-state index contributed by atoms with van der Waals surface area (Å²) in [5.41, 5.74) is 2.86. The van der Waals surface area contributed by atoms with E-state index in [1.54, 1.807) is 12.5 Å². The van der Waals surface area contributed by atoms with E-state index in [1.165, 1.54) is 0 Å². The zero-order chi connectivity index (χ0) is 19.3. The number of nitrogens with zero attached hydrogens (tertiary/aromatic N) is 4. The molecule has 2 aromatic heterocycles. The second-order valence-corrected chi connectivity index (χ2v) is 7.62. The molecule has 4 rings (SSSR count). The van der Waals surface area contributed by atoms with Gasteiger partial charge in [-0.3, -0.25) is 9.48 Å². The van der Waals surface area contributed by atoms with Gasteiger partial charge in [0.2, 0.25) is 5.91 Å². The predicted octanol–water partition coefficient (Wildman–Crippen LogP) is 3.84. The molecule has 0 aliphatic heterocycles. The highest BCUT2D eigenvalue weighted by Crippen LogP contribution is 2.29. The summed E-state index contributed by atoms with van der Waals surface area (Å²) >= 11 is 5.89. The molecule has 1 aromatic carbocycles. The number of amides is 1. The Kier molecular flexibility index (Phi) is 5.67. The van der Waals surface area contributed by atoms with Crippen LogP contribution in [0.2, 0.25) is 5.02 Å². The van der Waals surface area contributed by atoms with Gasteiger partial charge in [-0.1, -0.05) is 23.7 Å². The first-order valence-electron chi connectivity index (χ1n) is 9.52. The van der Waals surface area contributed by atoms with E-state index in [9.17, 15) is 4.79 Å². The van der Waals surface area contributed by atoms with Gasteiger partial charge in [0, 0.05) is 29.0 Å². The molecule has 0 saturated heterocycles. The summed E-state index contributed by atoms with van der Waals surface area (Å²) in [4.78, 5) is 20.5. The van der Waals surface area contributed by atoms with Crippen LogP contribution in [0, 0.1) is 0 Å². The van der Waals surface area contributed by atoms with Gasteiger partial charge in [0.25, 0.3) is 0 Å². The molecule has 1 N–H and O–H groups in total. The molecule has 28 heavy (non-hydrogen) atoms. The van der Waals surface area contributed by atoms with Gasteiger partial charge in [0.05, 0.1) is 24.4 Å². The molecule has 7 heteroatoms. The average molecular weight is 396 g/mol. The van der Waals surface area contributed by atoms with E-state index < -0.39 is 0 Å². The Bertz CT molecular complexity index is 917. The first-order chi connectivity index (χ1) is 13.7. The van der Waals surface area contributed by atoms with Crippen molar-refractivity contribution in [2.45, 2.75) is 44.2 Å². The number of carbonyl (C=O) groups is 1. The van der Waals surface area contributed by atoms with E-state index in [2.05, 4.69) is 20.4 Å². The molecule has 0 unspecified atom stereocenters. The fraction of sp³-hybridized carbons (Fsp3) is 0.333. The lowest BCUT2D eigenvalue weighted by atomic mass is 9.91. The molecule has 1 fully saturated rings. The van der Waals surface area contributed by atoms with Crippen molar-refractivity contribution in [1.29, 1.82) is 0 Å². The largest absolute Gasteiger partial charge is 0.353 e. The third kappa shape index (κ3) is 4.57. The third-order valence-electron chi connectivity index (χ3n) is 5.19. The van der Waals surface area contributed by atoms with E-state index in [0.717, 1.165) is 42.5 Å². The van der Waals surface area contributed by atoms with Crippen LogP contribution < -0.4 is 5.32 Å². The second-order valence-electron chi connectivity index (χ2n) is 7.18. The second kappa shape index (κ2) is 8.52. The Morgan fingerprint density at radius 2 is 1.93 bits per heavy atom. The molecular formula is C21H22ClN5O. The smallest absolute Gasteiger partial charge is 0.224 e. The summed E-state index contributed by atoms with van der Waals surface area (Å²) in [7, 11) is 0. The lowest BCUT2D eigenvalue weighted by molar-refractivity contribution is -0.121. The zero-order valence-corrected chi connectivity index (χ0v) is 16.2. The van der Waals surface area contributed by atoms with E-state index in [4.69, 9.17) is 11.6 Å². The lowest BCUT2D eigenvalue weighted by Crippen LogP contribution is -2.38. The topological polar surface area (TPSA) is 72.7 Å². The summed E-state index contributed by atoms with van der Waals surface area (Å²) < 4.78 is 2.03. The molecule has 1 saturated carbocycles. The molecule has 1 amide bonds. The molecular weight excluding hydrogens is 374 g/mol. The van der Waals surface area contributed by atoms with Crippen LogP contribution in [0.15, 0.2) is 55.2 Å². The Labute approximate surface area is 169 Å². The highest BCUT2D eigenvalue weighted by molar-refractivity contribution is 6.30. The summed E-state index contributed by atoms with van der Waals surface area (Å²) in [6, 6.07) is 9.89. The van der Waals surface area contributed by atoms with Crippen LogP contribution in [0.4, 0.5) is 0 Å². The molecule has 6 nitrogen and oxygen atoms in total. The van der Waals surface area contributed by atoms with Crippen molar-refractivity contribution < 1.29 is 4.79 Å². The fourth-order valence-corrected chi connectivity index (χ4v) is 3.81. The maximum Gasteiger partial charge on any atom is 0.224 e. The van der Waals surface area contributed by atoms with E-state index in [0.29, 0.717) is 17.5 Å². The molecule has 1 aliphatic carbocycles. The maximum atomic E-state index is 12.3. The van der Waals surface area contributed by atoms with Gasteiger partial charge in [-0.15, -0.1) is 0 Å². The highest BCUT2D eigenvalue weighted by Gasteiger charge is 2.24. The van der Waals surface area contributed by atoms with E-state index in [1.807, 2.05) is 47.4 Å². The van der Waals surface area contributed by atoms with Crippen molar-refractivity contribution in [3.05, 3.63) is 65.8 Å². The van der Waals surface area contributed by atoms with Crippen molar-refractivity contribution >= 4 is 17.5 Å². The monoisotopic (exact) mass is 395 g/mol. The Hall–Kier alpha value is -2.73. The minimum atomic E-state index is 0.0657. The SMILES string of the molecule is O=C(Cc1ccc(Cl)cc1)NC1CCC(n2cc(-c3ccncn3)cn2)CC1. The predicted molar refractivity (Wildman–Crippen MR) is 108 cm³/mol. The van der Waals surface area contributed by atoms with Gasteiger partial charge in [0.15, 0.2) is 0 Å². The minimum Gasteiger partial charge on any atom is -0.353 e. The van der Waals surface area contributed by atoms with Gasteiger partial charge >= 0.3 is 0 Å². The average Bonchev–Trinajstić information content (AvgIpc) is 3.21. The number of halogens is 1. The third-order valence-corrected chi connectivity index (χ3v) is 5.45. The molecule has 0 spiro atoms. The zero-order valence-electron chi connectivity index (χ0n) is 15.5. The Morgan fingerprint density at radius 3 is 2.64 bits per heavy atom. The standard InChI is InChI=1S/C21H22ClN5O/c22-17-3-1-15(2-4-17)11-21(28)26-18-5-7-19(8-6-18)27-13-16(12-25-27)20-9-10-23-14-24-20/h1-4,9-10,12-14,18-19H,5-8,11H2,(H,26,28). The number of benzene rings is 1. The molecule has 3 aromatic rings. The number of nitrogens with one attached hydrogen (secondary N) is 1. The van der Waals surface area contributed by atoms with Gasteiger partial charge in [0.1, 0.15) is 6.33 Å². The number of rotatable bonds is 5. The number of hydrogen-bond acceptors (Lipinski definition) is 4. The summed E-state index contributed by atoms with van der Waals surface area (Å²) in [5, 5.41) is 8.37. The Morgan fingerprint density at radius 1 is 1.14 bits per heavy atom. The van der Waals surface area contributed by atoms with Crippen LogP contribution in [-0.2, 0) is 11.2 Å². The normalized spacial score (nSPS) is 19.3. The van der Waals surface area contributed by atoms with Crippen LogP contribution in [-0.4, -0.2) is 31.7 Å². The van der Waals surface area contributed by atoms with Crippen LogP contribution in [0.25, 0.3) is 11.3 Å². The number of aromatic nitrogens is 4. The maximum absolute atomic E-state index is 12.3. The fourth-order valence-electron chi connectivity index (χ4n) is 3.68. The molecule has 0 bridgehead atoms. The van der Waals surface area contributed by atoms with Gasteiger partial charge < -0.3 is 5.32 Å². The van der Waals surface area contributed by atoms with Crippen LogP contribution >= 0.6 is 11.6 Å². The van der Waals surface area contributed by atoms with Crippen molar-refractivity contribution in [3.63, 3.8) is 0 Å². The molecule has 0 atom stereocenters. The highest BCUT2D eigenvalue weighted by atomic mass is 35.5. The summed E-state index contributed by atoms with van der Waals surface area (Å²) in [5.74, 6) is 0.0657. The molecule has 1 aliphatic rings.